The fourth-order valence-electron chi connectivity index (χ4n) is 2.67. The second kappa shape index (κ2) is 8.01. The lowest BCUT2D eigenvalue weighted by atomic mass is 10.0. The second-order valence-corrected chi connectivity index (χ2v) is 7.29. The molecular weight excluding hydrogens is 287 g/mol. The van der Waals surface area contributed by atoms with E-state index in [1.54, 1.807) is 13.0 Å². The van der Waals surface area contributed by atoms with Gasteiger partial charge in [0.1, 0.15) is 5.82 Å². The molecule has 1 aliphatic heterocycles. The zero-order valence-corrected chi connectivity index (χ0v) is 13.7. The smallest absolute Gasteiger partial charge is 0.126 e. The highest BCUT2D eigenvalue weighted by Gasteiger charge is 2.18. The van der Waals surface area contributed by atoms with Crippen LogP contribution in [-0.2, 0) is 10.8 Å². The van der Waals surface area contributed by atoms with Gasteiger partial charge in [-0.3, -0.25) is 4.21 Å². The molecule has 0 aliphatic carbocycles. The largest absolute Gasteiger partial charge is 0.310 e. The van der Waals surface area contributed by atoms with Crippen molar-refractivity contribution in [1.29, 1.82) is 0 Å². The van der Waals surface area contributed by atoms with Crippen molar-refractivity contribution in [2.24, 2.45) is 0 Å². The Morgan fingerprint density at radius 1 is 1.38 bits per heavy atom. The molecule has 1 unspecified atom stereocenters. The third-order valence-electron chi connectivity index (χ3n) is 4.05. The molecule has 0 bridgehead atoms. The highest BCUT2D eigenvalue weighted by Crippen LogP contribution is 2.20. The fourth-order valence-corrected chi connectivity index (χ4v) is 3.80. The first-order valence-corrected chi connectivity index (χ1v) is 9.15. The molecule has 1 N–H and O–H groups in total. The van der Waals surface area contributed by atoms with E-state index in [4.69, 9.17) is 0 Å². The van der Waals surface area contributed by atoms with E-state index in [-0.39, 0.29) is 11.9 Å². The summed E-state index contributed by atoms with van der Waals surface area (Å²) in [4.78, 5) is 2.36. The van der Waals surface area contributed by atoms with Crippen LogP contribution in [0.5, 0.6) is 0 Å². The van der Waals surface area contributed by atoms with E-state index in [2.05, 4.69) is 17.1 Å². The lowest BCUT2D eigenvalue weighted by Gasteiger charge is -2.28. The van der Waals surface area contributed by atoms with Gasteiger partial charge in [-0.1, -0.05) is 19.1 Å². The van der Waals surface area contributed by atoms with E-state index < -0.39 is 10.8 Å². The van der Waals surface area contributed by atoms with Gasteiger partial charge in [0.25, 0.3) is 0 Å². The number of hydrogen-bond acceptors (Lipinski definition) is 3. The SMILES string of the molecule is CCNC(CCN1CCS(=O)CC1)c1ccc(C)c(F)c1. The van der Waals surface area contributed by atoms with Crippen LogP contribution in [0.3, 0.4) is 0 Å². The minimum atomic E-state index is -0.627. The molecular formula is C16H25FN2OS. The zero-order chi connectivity index (χ0) is 15.2. The number of nitrogens with zero attached hydrogens (tertiary/aromatic N) is 1. The normalized spacial score (nSPS) is 18.8. The maximum absolute atomic E-state index is 13.7. The van der Waals surface area contributed by atoms with Gasteiger partial charge in [0.2, 0.25) is 0 Å². The molecule has 1 aromatic carbocycles. The molecule has 5 heteroatoms. The van der Waals surface area contributed by atoms with E-state index in [1.165, 1.54) is 0 Å². The molecule has 0 amide bonds. The predicted octanol–water partition coefficient (Wildman–Crippen LogP) is 2.24. The molecule has 3 nitrogen and oxygen atoms in total. The molecule has 0 aromatic heterocycles. The van der Waals surface area contributed by atoms with Gasteiger partial charge in [-0.15, -0.1) is 0 Å². The van der Waals surface area contributed by atoms with Crippen LogP contribution < -0.4 is 5.32 Å². The fraction of sp³-hybridized carbons (Fsp3) is 0.625. The number of rotatable bonds is 6. The van der Waals surface area contributed by atoms with Gasteiger partial charge in [0.15, 0.2) is 0 Å². The maximum atomic E-state index is 13.7. The van der Waals surface area contributed by atoms with Crippen LogP contribution in [0.4, 0.5) is 4.39 Å². The Hall–Kier alpha value is -0.780. The summed E-state index contributed by atoms with van der Waals surface area (Å²) >= 11 is 0. The average Bonchev–Trinajstić information content (AvgIpc) is 2.48. The van der Waals surface area contributed by atoms with Crippen LogP contribution in [0.2, 0.25) is 0 Å². The highest BCUT2D eigenvalue weighted by atomic mass is 32.2. The molecule has 0 radical (unpaired) electrons. The molecule has 1 fully saturated rings. The average molecular weight is 312 g/mol. The van der Waals surface area contributed by atoms with Gasteiger partial charge < -0.3 is 10.2 Å². The lowest BCUT2D eigenvalue weighted by molar-refractivity contribution is 0.279. The standard InChI is InChI=1S/C16H25FN2OS/c1-3-18-16(14-5-4-13(2)15(17)12-14)6-7-19-8-10-21(20)11-9-19/h4-5,12,16,18H,3,6-11H2,1-2H3. The maximum Gasteiger partial charge on any atom is 0.126 e. The molecule has 1 heterocycles. The van der Waals surface area contributed by atoms with Crippen molar-refractivity contribution in [3.8, 4) is 0 Å². The molecule has 1 aliphatic rings. The summed E-state index contributed by atoms with van der Waals surface area (Å²) in [6, 6.07) is 5.68. The van der Waals surface area contributed by atoms with Gasteiger partial charge in [-0.05, 0) is 37.1 Å². The van der Waals surface area contributed by atoms with Crippen LogP contribution in [0.1, 0.15) is 30.5 Å². The third-order valence-corrected chi connectivity index (χ3v) is 5.33. The summed E-state index contributed by atoms with van der Waals surface area (Å²) in [6.07, 6.45) is 0.947. The molecule has 0 spiro atoms. The van der Waals surface area contributed by atoms with Crippen LogP contribution in [0.15, 0.2) is 18.2 Å². The summed E-state index contributed by atoms with van der Waals surface area (Å²) < 4.78 is 25.1. The molecule has 118 valence electrons. The molecule has 1 saturated heterocycles. The number of halogens is 1. The first kappa shape index (κ1) is 16.6. The van der Waals surface area contributed by atoms with E-state index in [0.29, 0.717) is 5.56 Å². The van der Waals surface area contributed by atoms with E-state index >= 15 is 0 Å². The Morgan fingerprint density at radius 2 is 2.10 bits per heavy atom. The van der Waals surface area contributed by atoms with Gasteiger partial charge >= 0.3 is 0 Å². The first-order valence-electron chi connectivity index (χ1n) is 7.67. The highest BCUT2D eigenvalue weighted by molar-refractivity contribution is 7.85. The van der Waals surface area contributed by atoms with Crippen LogP contribution in [0, 0.1) is 12.7 Å². The monoisotopic (exact) mass is 312 g/mol. The molecule has 1 atom stereocenters. The minimum Gasteiger partial charge on any atom is -0.310 e. The van der Waals surface area contributed by atoms with Crippen LogP contribution >= 0.6 is 0 Å². The Kier molecular flexibility index (Phi) is 6.33. The Morgan fingerprint density at radius 3 is 2.71 bits per heavy atom. The van der Waals surface area contributed by atoms with E-state index in [9.17, 15) is 8.60 Å². The first-order chi connectivity index (χ1) is 10.1. The molecule has 2 rings (SSSR count). The quantitative estimate of drug-likeness (QED) is 0.874. The minimum absolute atomic E-state index is 0.135. The van der Waals surface area contributed by atoms with E-state index in [1.807, 2.05) is 12.1 Å². The van der Waals surface area contributed by atoms with Gasteiger partial charge in [-0.2, -0.15) is 0 Å². The third kappa shape index (κ3) is 4.87. The summed E-state index contributed by atoms with van der Waals surface area (Å²) in [6.45, 7) is 7.51. The van der Waals surface area contributed by atoms with Crippen molar-refractivity contribution in [3.05, 3.63) is 35.1 Å². The van der Waals surface area contributed by atoms with Crippen molar-refractivity contribution in [3.63, 3.8) is 0 Å². The second-order valence-electron chi connectivity index (χ2n) is 5.60. The van der Waals surface area contributed by atoms with Crippen molar-refractivity contribution in [1.82, 2.24) is 10.2 Å². The van der Waals surface area contributed by atoms with Crippen molar-refractivity contribution >= 4 is 10.8 Å². The predicted molar refractivity (Wildman–Crippen MR) is 86.5 cm³/mol. The number of benzene rings is 1. The van der Waals surface area contributed by atoms with E-state index in [0.717, 1.165) is 49.7 Å². The Bertz CT molecular complexity index is 485. The van der Waals surface area contributed by atoms with Gasteiger partial charge in [0.05, 0.1) is 0 Å². The summed E-state index contributed by atoms with van der Waals surface area (Å²) in [5.74, 6) is 1.43. The number of nitrogens with one attached hydrogen (secondary N) is 1. The summed E-state index contributed by atoms with van der Waals surface area (Å²) in [7, 11) is -0.627. The van der Waals surface area contributed by atoms with Gasteiger partial charge in [-0.25, -0.2) is 4.39 Å². The Balaban J connectivity index is 1.95. The summed E-state index contributed by atoms with van der Waals surface area (Å²) in [5, 5.41) is 3.44. The molecule has 21 heavy (non-hydrogen) atoms. The molecule has 1 aromatic rings. The number of hydrogen-bond donors (Lipinski definition) is 1. The van der Waals surface area contributed by atoms with Gasteiger partial charge in [0, 0.05) is 48.0 Å². The zero-order valence-electron chi connectivity index (χ0n) is 12.9. The van der Waals surface area contributed by atoms with Crippen LogP contribution in [-0.4, -0.2) is 46.8 Å². The van der Waals surface area contributed by atoms with Crippen molar-refractivity contribution in [2.75, 3.05) is 37.7 Å². The summed E-state index contributed by atoms with van der Waals surface area (Å²) in [5.41, 5.74) is 1.70. The number of aryl methyl sites for hydroxylation is 1. The lowest BCUT2D eigenvalue weighted by Crippen LogP contribution is -2.39. The van der Waals surface area contributed by atoms with Crippen molar-refractivity contribution in [2.45, 2.75) is 26.3 Å². The topological polar surface area (TPSA) is 32.3 Å². The van der Waals surface area contributed by atoms with Crippen LogP contribution in [0.25, 0.3) is 0 Å². The Labute approximate surface area is 129 Å². The molecule has 0 saturated carbocycles. The van der Waals surface area contributed by atoms with Crippen molar-refractivity contribution < 1.29 is 8.60 Å².